The summed E-state index contributed by atoms with van der Waals surface area (Å²) in [5.41, 5.74) is 2.45. The predicted octanol–water partition coefficient (Wildman–Crippen LogP) is 0.518. The van der Waals surface area contributed by atoms with Crippen molar-refractivity contribution in [2.24, 2.45) is 11.8 Å². The van der Waals surface area contributed by atoms with Crippen LogP contribution >= 0.6 is 0 Å². The summed E-state index contributed by atoms with van der Waals surface area (Å²) < 4.78 is 9.76. The van der Waals surface area contributed by atoms with Gasteiger partial charge in [0.15, 0.2) is 5.82 Å². The molecule has 1 heterocycles. The summed E-state index contributed by atoms with van der Waals surface area (Å²) >= 11 is 0. The number of nitrogens with one attached hydrogen (secondary N) is 2. The van der Waals surface area contributed by atoms with Gasteiger partial charge in [0, 0.05) is 13.2 Å². The van der Waals surface area contributed by atoms with Gasteiger partial charge >= 0.3 is 5.97 Å². The summed E-state index contributed by atoms with van der Waals surface area (Å²) in [6.45, 7) is 4.07. The molecule has 0 saturated carbocycles. The molecule has 1 aromatic rings. The molecule has 8 heteroatoms. The molecule has 0 aliphatic heterocycles. The van der Waals surface area contributed by atoms with E-state index in [4.69, 9.17) is 15.3 Å². The van der Waals surface area contributed by atoms with Crippen molar-refractivity contribution in [1.82, 2.24) is 9.97 Å². The highest BCUT2D eigenvalue weighted by Crippen LogP contribution is 2.15. The van der Waals surface area contributed by atoms with E-state index < -0.39 is 6.04 Å². The Hall–Kier alpha value is -1.93. The van der Waals surface area contributed by atoms with E-state index in [0.717, 1.165) is 0 Å². The number of hydrazine groups is 1. The first-order valence-corrected chi connectivity index (χ1v) is 6.19. The number of carbonyl (C=O) groups is 1. The van der Waals surface area contributed by atoms with Gasteiger partial charge in [0.05, 0.1) is 7.11 Å². The Morgan fingerprint density at radius 1 is 1.35 bits per heavy atom. The number of nitrogens with zero attached hydrogens (tertiary/aromatic N) is 2. The van der Waals surface area contributed by atoms with Crippen LogP contribution < -0.4 is 16.6 Å². The molecule has 8 nitrogen and oxygen atoms in total. The number of methoxy groups -OCH3 is 2. The molecule has 1 unspecified atom stereocenters. The number of esters is 1. The van der Waals surface area contributed by atoms with Gasteiger partial charge in [-0.15, -0.1) is 0 Å². The molecule has 0 aromatic carbocycles. The number of anilines is 2. The monoisotopic (exact) mass is 283 g/mol. The molecule has 0 fully saturated rings. The normalized spacial score (nSPS) is 12.1. The predicted molar refractivity (Wildman–Crippen MR) is 74.8 cm³/mol. The van der Waals surface area contributed by atoms with Crippen molar-refractivity contribution in [3.63, 3.8) is 0 Å². The largest absolute Gasteiger partial charge is 0.467 e. The van der Waals surface area contributed by atoms with E-state index in [1.807, 2.05) is 13.8 Å². The van der Waals surface area contributed by atoms with Crippen LogP contribution in [0.15, 0.2) is 6.07 Å². The van der Waals surface area contributed by atoms with Gasteiger partial charge in [-0.25, -0.2) is 20.6 Å². The number of aromatic nitrogens is 2. The zero-order chi connectivity index (χ0) is 15.1. The maximum Gasteiger partial charge on any atom is 0.328 e. The lowest BCUT2D eigenvalue weighted by Gasteiger charge is -2.20. The highest BCUT2D eigenvalue weighted by Gasteiger charge is 2.23. The summed E-state index contributed by atoms with van der Waals surface area (Å²) in [5.74, 6) is 6.41. The third kappa shape index (κ3) is 4.32. The minimum atomic E-state index is -0.504. The summed E-state index contributed by atoms with van der Waals surface area (Å²) in [6.07, 6.45) is 0. The number of carbonyl (C=O) groups excluding carboxylic acids is 1. The second-order valence-corrected chi connectivity index (χ2v) is 4.52. The number of ether oxygens (including phenoxy) is 2. The summed E-state index contributed by atoms with van der Waals surface area (Å²) in [4.78, 5) is 20.1. The lowest BCUT2D eigenvalue weighted by Crippen LogP contribution is -2.36. The number of hydrogen-bond donors (Lipinski definition) is 3. The van der Waals surface area contributed by atoms with Gasteiger partial charge in [0.25, 0.3) is 0 Å². The van der Waals surface area contributed by atoms with Gasteiger partial charge < -0.3 is 20.2 Å². The topological polar surface area (TPSA) is 111 Å². The zero-order valence-electron chi connectivity index (χ0n) is 12.1. The van der Waals surface area contributed by atoms with Crippen LogP contribution in [-0.4, -0.2) is 36.2 Å². The maximum absolute atomic E-state index is 11.7. The van der Waals surface area contributed by atoms with Crippen molar-refractivity contribution in [2.75, 3.05) is 25.0 Å². The molecule has 0 radical (unpaired) electrons. The average molecular weight is 283 g/mol. The first kappa shape index (κ1) is 16.1. The molecule has 1 aromatic heterocycles. The van der Waals surface area contributed by atoms with E-state index in [9.17, 15) is 4.79 Å². The summed E-state index contributed by atoms with van der Waals surface area (Å²) in [5, 5.41) is 3.03. The molecular weight excluding hydrogens is 262 g/mol. The minimum Gasteiger partial charge on any atom is -0.467 e. The molecule has 20 heavy (non-hydrogen) atoms. The SMILES string of the molecule is COCc1nc(NN)cc(NC(C(=O)OC)C(C)C)n1. The van der Waals surface area contributed by atoms with E-state index >= 15 is 0 Å². The van der Waals surface area contributed by atoms with E-state index in [2.05, 4.69) is 20.7 Å². The van der Waals surface area contributed by atoms with Crippen LogP contribution in [0.2, 0.25) is 0 Å². The number of nitrogens with two attached hydrogens (primary N) is 1. The van der Waals surface area contributed by atoms with Crippen LogP contribution in [0, 0.1) is 5.92 Å². The minimum absolute atomic E-state index is 0.0394. The van der Waals surface area contributed by atoms with Crippen molar-refractivity contribution in [1.29, 1.82) is 0 Å². The molecule has 1 atom stereocenters. The van der Waals surface area contributed by atoms with Crippen LogP contribution in [0.4, 0.5) is 11.6 Å². The lowest BCUT2D eigenvalue weighted by molar-refractivity contribution is -0.142. The van der Waals surface area contributed by atoms with E-state index in [1.54, 1.807) is 13.2 Å². The van der Waals surface area contributed by atoms with Gasteiger partial charge in [0.1, 0.15) is 24.3 Å². The molecule has 0 aliphatic carbocycles. The van der Waals surface area contributed by atoms with Crippen LogP contribution in [0.1, 0.15) is 19.7 Å². The molecule has 0 spiro atoms. The smallest absolute Gasteiger partial charge is 0.328 e. The van der Waals surface area contributed by atoms with Crippen LogP contribution in [0.5, 0.6) is 0 Å². The quantitative estimate of drug-likeness (QED) is 0.377. The standard InChI is InChI=1S/C12H21N5O3/c1-7(2)11(12(18)20-4)16-8-5-9(17-13)15-10(14-8)6-19-3/h5,7,11H,6,13H2,1-4H3,(H2,14,15,16,17). The first-order valence-electron chi connectivity index (χ1n) is 6.19. The van der Waals surface area contributed by atoms with Gasteiger partial charge in [-0.2, -0.15) is 0 Å². The maximum atomic E-state index is 11.7. The lowest BCUT2D eigenvalue weighted by atomic mass is 10.0. The van der Waals surface area contributed by atoms with Crippen LogP contribution in [0.25, 0.3) is 0 Å². The molecule has 112 valence electrons. The zero-order valence-corrected chi connectivity index (χ0v) is 12.1. The third-order valence-electron chi connectivity index (χ3n) is 2.62. The Balaban J connectivity index is 2.99. The van der Waals surface area contributed by atoms with E-state index in [1.165, 1.54) is 7.11 Å². The van der Waals surface area contributed by atoms with Gasteiger partial charge in [-0.1, -0.05) is 13.8 Å². The average Bonchev–Trinajstić information content (AvgIpc) is 2.43. The Bertz CT molecular complexity index is 453. The van der Waals surface area contributed by atoms with E-state index in [-0.39, 0.29) is 18.5 Å². The van der Waals surface area contributed by atoms with Crippen molar-refractivity contribution in [2.45, 2.75) is 26.5 Å². The fourth-order valence-corrected chi connectivity index (χ4v) is 1.62. The van der Waals surface area contributed by atoms with Crippen LogP contribution in [-0.2, 0) is 20.9 Å². The van der Waals surface area contributed by atoms with Crippen LogP contribution in [0.3, 0.4) is 0 Å². The Labute approximate surface area is 118 Å². The van der Waals surface area contributed by atoms with Gasteiger partial charge in [-0.3, -0.25) is 0 Å². The second-order valence-electron chi connectivity index (χ2n) is 4.52. The third-order valence-corrected chi connectivity index (χ3v) is 2.62. The highest BCUT2D eigenvalue weighted by atomic mass is 16.5. The molecule has 0 saturated heterocycles. The van der Waals surface area contributed by atoms with E-state index in [0.29, 0.717) is 17.5 Å². The van der Waals surface area contributed by atoms with Crippen molar-refractivity contribution >= 4 is 17.6 Å². The van der Waals surface area contributed by atoms with Gasteiger partial charge in [-0.05, 0) is 5.92 Å². The molecule has 1 rings (SSSR count). The van der Waals surface area contributed by atoms with Crippen molar-refractivity contribution < 1.29 is 14.3 Å². The Morgan fingerprint density at radius 3 is 2.50 bits per heavy atom. The molecule has 0 amide bonds. The highest BCUT2D eigenvalue weighted by molar-refractivity contribution is 5.79. The fourth-order valence-electron chi connectivity index (χ4n) is 1.62. The Morgan fingerprint density at radius 2 is 2.00 bits per heavy atom. The first-order chi connectivity index (χ1) is 9.51. The fraction of sp³-hybridized carbons (Fsp3) is 0.583. The van der Waals surface area contributed by atoms with Gasteiger partial charge in [0.2, 0.25) is 0 Å². The number of rotatable bonds is 7. The number of hydrogen-bond acceptors (Lipinski definition) is 8. The van der Waals surface area contributed by atoms with Crippen molar-refractivity contribution in [3.05, 3.63) is 11.9 Å². The molecule has 0 bridgehead atoms. The molecule has 0 aliphatic rings. The summed E-state index contributed by atoms with van der Waals surface area (Å²) in [7, 11) is 2.90. The van der Waals surface area contributed by atoms with Crippen molar-refractivity contribution in [3.8, 4) is 0 Å². The molecular formula is C12H21N5O3. The summed E-state index contributed by atoms with van der Waals surface area (Å²) in [6, 6.07) is 1.10. The second kappa shape index (κ2) is 7.61. The molecule has 4 N–H and O–H groups in total. The number of nitrogen functional groups attached to an aromatic ring is 1. The Kier molecular flexibility index (Phi) is 6.13.